The van der Waals surface area contributed by atoms with Crippen LogP contribution in [-0.2, 0) is 23.9 Å². The minimum absolute atomic E-state index is 0.382. The Morgan fingerprint density at radius 1 is 1.12 bits per heavy atom. The van der Waals surface area contributed by atoms with Gasteiger partial charge < -0.3 is 30.5 Å². The first-order valence-electron chi connectivity index (χ1n) is 7.25. The molecule has 138 valence electrons. The molecular weight excluding hydrogens is 322 g/mol. The highest BCUT2D eigenvalue weighted by Gasteiger charge is 2.24. The van der Waals surface area contributed by atoms with Gasteiger partial charge in [0, 0.05) is 0 Å². The average Bonchev–Trinajstić information content (AvgIpc) is 2.47. The number of alkyl carbamates (subject to hydrolysis) is 1. The molecule has 10 nitrogen and oxygen atoms in total. The molecule has 24 heavy (non-hydrogen) atoms. The van der Waals surface area contributed by atoms with Crippen molar-refractivity contribution >= 4 is 23.9 Å². The predicted molar refractivity (Wildman–Crippen MR) is 82.9 cm³/mol. The lowest BCUT2D eigenvalue weighted by Gasteiger charge is -2.20. The normalized spacial score (nSPS) is 13.2. The van der Waals surface area contributed by atoms with Gasteiger partial charge in [-0.05, 0) is 27.7 Å². The SMILES string of the molecule is COC(=O)[C@H](CO)NC(=O)[C@@H](C)NC(=O)CNC(=O)OC(C)(C)C. The molecule has 0 heterocycles. The molecule has 0 aromatic rings. The van der Waals surface area contributed by atoms with Crippen LogP contribution in [0.1, 0.15) is 27.7 Å². The van der Waals surface area contributed by atoms with Gasteiger partial charge in [0.2, 0.25) is 11.8 Å². The van der Waals surface area contributed by atoms with Gasteiger partial charge in [0.25, 0.3) is 0 Å². The Morgan fingerprint density at radius 3 is 2.17 bits per heavy atom. The maximum Gasteiger partial charge on any atom is 0.408 e. The Hall–Kier alpha value is -2.36. The van der Waals surface area contributed by atoms with Crippen molar-refractivity contribution in [2.24, 2.45) is 0 Å². The van der Waals surface area contributed by atoms with Gasteiger partial charge in [-0.2, -0.15) is 0 Å². The maximum atomic E-state index is 11.8. The van der Waals surface area contributed by atoms with Crippen LogP contribution in [0, 0.1) is 0 Å². The lowest BCUT2D eigenvalue weighted by atomic mass is 10.2. The zero-order valence-electron chi connectivity index (χ0n) is 14.5. The van der Waals surface area contributed by atoms with Crippen LogP contribution in [0.4, 0.5) is 4.79 Å². The van der Waals surface area contributed by atoms with Crippen molar-refractivity contribution in [3.8, 4) is 0 Å². The first kappa shape index (κ1) is 21.6. The summed E-state index contributed by atoms with van der Waals surface area (Å²) in [6, 6.07) is -2.21. The number of aliphatic hydroxyl groups excluding tert-OH is 1. The van der Waals surface area contributed by atoms with Gasteiger partial charge in [0.15, 0.2) is 6.04 Å². The second-order valence-corrected chi connectivity index (χ2v) is 5.91. The van der Waals surface area contributed by atoms with E-state index < -0.39 is 48.2 Å². The van der Waals surface area contributed by atoms with E-state index in [9.17, 15) is 19.2 Å². The number of hydrogen-bond acceptors (Lipinski definition) is 7. The highest BCUT2D eigenvalue weighted by Crippen LogP contribution is 2.06. The van der Waals surface area contributed by atoms with Gasteiger partial charge in [-0.15, -0.1) is 0 Å². The summed E-state index contributed by atoms with van der Waals surface area (Å²) in [4.78, 5) is 46.2. The summed E-state index contributed by atoms with van der Waals surface area (Å²) >= 11 is 0. The van der Waals surface area contributed by atoms with E-state index in [0.29, 0.717) is 0 Å². The van der Waals surface area contributed by atoms with Gasteiger partial charge in [-0.3, -0.25) is 9.59 Å². The standard InChI is InChI=1S/C14H25N3O7/c1-8(11(20)17-9(7-18)12(21)23-5)16-10(19)6-15-13(22)24-14(2,3)4/h8-9,18H,6-7H2,1-5H3,(H,15,22)(H,16,19)(H,17,20)/t8-,9+/m1/s1. The topological polar surface area (TPSA) is 143 Å². The second kappa shape index (κ2) is 9.71. The molecule has 4 N–H and O–H groups in total. The van der Waals surface area contributed by atoms with Gasteiger partial charge in [-0.25, -0.2) is 9.59 Å². The molecule has 0 aliphatic heterocycles. The Labute approximate surface area is 140 Å². The van der Waals surface area contributed by atoms with Crippen LogP contribution in [0.3, 0.4) is 0 Å². The fraction of sp³-hybridized carbons (Fsp3) is 0.714. The van der Waals surface area contributed by atoms with Crippen molar-refractivity contribution in [2.75, 3.05) is 20.3 Å². The molecule has 0 aliphatic rings. The van der Waals surface area contributed by atoms with Crippen molar-refractivity contribution in [3.63, 3.8) is 0 Å². The van der Waals surface area contributed by atoms with E-state index >= 15 is 0 Å². The third-order valence-electron chi connectivity index (χ3n) is 2.55. The quantitative estimate of drug-likeness (QED) is 0.418. The fourth-order valence-corrected chi connectivity index (χ4v) is 1.44. The number of ether oxygens (including phenoxy) is 2. The third-order valence-corrected chi connectivity index (χ3v) is 2.55. The number of hydrogen-bond donors (Lipinski definition) is 4. The van der Waals surface area contributed by atoms with E-state index in [-0.39, 0.29) is 6.54 Å². The number of aliphatic hydroxyl groups is 1. The number of carbonyl (C=O) groups is 4. The van der Waals surface area contributed by atoms with Crippen LogP contribution in [0.25, 0.3) is 0 Å². The monoisotopic (exact) mass is 347 g/mol. The summed E-state index contributed by atoms with van der Waals surface area (Å²) in [5.41, 5.74) is -0.694. The lowest BCUT2D eigenvalue weighted by Crippen LogP contribution is -2.53. The molecule has 0 saturated carbocycles. The molecule has 0 aliphatic carbocycles. The molecule has 0 radical (unpaired) electrons. The van der Waals surface area contributed by atoms with E-state index in [1.807, 2.05) is 0 Å². The minimum Gasteiger partial charge on any atom is -0.467 e. The number of carbonyl (C=O) groups excluding carboxylic acids is 4. The maximum absolute atomic E-state index is 11.8. The first-order valence-corrected chi connectivity index (χ1v) is 7.25. The molecule has 0 rings (SSSR count). The predicted octanol–water partition coefficient (Wildman–Crippen LogP) is -1.33. The fourth-order valence-electron chi connectivity index (χ4n) is 1.44. The highest BCUT2D eigenvalue weighted by molar-refractivity contribution is 5.91. The second-order valence-electron chi connectivity index (χ2n) is 5.91. The molecule has 0 spiro atoms. The van der Waals surface area contributed by atoms with E-state index in [1.54, 1.807) is 20.8 Å². The number of amides is 3. The molecule has 3 amide bonds. The lowest BCUT2D eigenvalue weighted by molar-refractivity contribution is -0.146. The largest absolute Gasteiger partial charge is 0.467 e. The molecule has 0 saturated heterocycles. The summed E-state index contributed by atoms with van der Waals surface area (Å²) in [6.45, 7) is 5.40. The van der Waals surface area contributed by atoms with Crippen LogP contribution in [-0.4, -0.2) is 66.9 Å². The van der Waals surface area contributed by atoms with E-state index in [0.717, 1.165) is 7.11 Å². The highest BCUT2D eigenvalue weighted by atomic mass is 16.6. The Balaban J connectivity index is 4.32. The zero-order chi connectivity index (χ0) is 18.9. The van der Waals surface area contributed by atoms with Crippen LogP contribution >= 0.6 is 0 Å². The third kappa shape index (κ3) is 8.93. The van der Waals surface area contributed by atoms with Crippen molar-refractivity contribution in [1.29, 1.82) is 0 Å². The average molecular weight is 347 g/mol. The smallest absolute Gasteiger partial charge is 0.408 e. The van der Waals surface area contributed by atoms with Crippen molar-refractivity contribution in [2.45, 2.75) is 45.4 Å². The minimum atomic E-state index is -1.22. The Morgan fingerprint density at radius 2 is 1.71 bits per heavy atom. The van der Waals surface area contributed by atoms with Crippen LogP contribution < -0.4 is 16.0 Å². The molecule has 0 fully saturated rings. The summed E-state index contributed by atoms with van der Waals surface area (Å²) in [6.07, 6.45) is -0.763. The van der Waals surface area contributed by atoms with Crippen molar-refractivity contribution < 1.29 is 33.8 Å². The zero-order valence-corrected chi connectivity index (χ0v) is 14.5. The number of esters is 1. The molecule has 0 aromatic carbocycles. The molecule has 10 heteroatoms. The summed E-state index contributed by atoms with van der Waals surface area (Å²) in [5, 5.41) is 15.8. The Kier molecular flexibility index (Phi) is 8.75. The van der Waals surface area contributed by atoms with Gasteiger partial charge in [0.05, 0.1) is 13.7 Å². The van der Waals surface area contributed by atoms with Gasteiger partial charge in [0.1, 0.15) is 18.2 Å². The van der Waals surface area contributed by atoms with E-state index in [4.69, 9.17) is 9.84 Å². The molecule has 0 unspecified atom stereocenters. The summed E-state index contributed by atoms with van der Waals surface area (Å²) in [7, 11) is 1.12. The Bertz CT molecular complexity index is 473. The molecular formula is C14H25N3O7. The molecule has 0 aromatic heterocycles. The van der Waals surface area contributed by atoms with Crippen molar-refractivity contribution in [3.05, 3.63) is 0 Å². The number of nitrogens with one attached hydrogen (secondary N) is 3. The van der Waals surface area contributed by atoms with Crippen LogP contribution in [0.5, 0.6) is 0 Å². The van der Waals surface area contributed by atoms with Gasteiger partial charge in [-0.1, -0.05) is 0 Å². The van der Waals surface area contributed by atoms with Crippen LogP contribution in [0.15, 0.2) is 0 Å². The molecule has 2 atom stereocenters. The number of rotatable bonds is 7. The van der Waals surface area contributed by atoms with Crippen LogP contribution in [0.2, 0.25) is 0 Å². The summed E-state index contributed by atoms with van der Waals surface area (Å²) in [5.74, 6) is -2.12. The van der Waals surface area contributed by atoms with E-state index in [1.165, 1.54) is 6.92 Å². The molecule has 0 bridgehead atoms. The summed E-state index contributed by atoms with van der Waals surface area (Å²) < 4.78 is 9.37. The van der Waals surface area contributed by atoms with Crippen molar-refractivity contribution in [1.82, 2.24) is 16.0 Å². The number of methoxy groups -OCH3 is 1. The van der Waals surface area contributed by atoms with E-state index in [2.05, 4.69) is 20.7 Å². The first-order chi connectivity index (χ1) is 11.0. The van der Waals surface area contributed by atoms with Gasteiger partial charge >= 0.3 is 12.1 Å².